The molecule has 0 fully saturated rings. The van der Waals surface area contributed by atoms with Crippen LogP contribution < -0.4 is 5.32 Å². The second-order valence-electron chi connectivity index (χ2n) is 2.86. The average Bonchev–Trinajstić information content (AvgIpc) is 2.09. The molecule has 0 aromatic heterocycles. The predicted molar refractivity (Wildman–Crippen MR) is 50.8 cm³/mol. The van der Waals surface area contributed by atoms with Gasteiger partial charge in [-0.25, -0.2) is 0 Å². The van der Waals surface area contributed by atoms with Gasteiger partial charge in [0.15, 0.2) is 0 Å². The van der Waals surface area contributed by atoms with E-state index in [9.17, 15) is 0 Å². The smallest absolute Gasteiger partial charge is 0.107 e. The zero-order chi connectivity index (χ0) is 8.53. The van der Waals surface area contributed by atoms with Crippen molar-refractivity contribution < 1.29 is 0 Å². The maximum atomic E-state index is 3.85. The van der Waals surface area contributed by atoms with Crippen molar-refractivity contribution in [2.45, 2.75) is 27.2 Å². The van der Waals surface area contributed by atoms with Gasteiger partial charge in [0.25, 0.3) is 0 Å². The molecule has 0 spiro atoms. The highest BCUT2D eigenvalue weighted by Crippen LogP contribution is 1.93. The summed E-state index contributed by atoms with van der Waals surface area (Å²) in [5, 5.41) is 2.91. The van der Waals surface area contributed by atoms with E-state index in [4.69, 9.17) is 0 Å². The molecule has 0 atom stereocenters. The van der Waals surface area contributed by atoms with Crippen LogP contribution in [0.15, 0.2) is 17.3 Å². The molecule has 0 amide bonds. The van der Waals surface area contributed by atoms with Crippen LogP contribution in [0.25, 0.3) is 0 Å². The zero-order valence-electron chi connectivity index (χ0n) is 7.67. The van der Waals surface area contributed by atoms with Gasteiger partial charge in [-0.05, 0) is 18.2 Å². The molecule has 1 N–H and O–H groups in total. The first-order valence-electron chi connectivity index (χ1n) is 4.15. The van der Waals surface area contributed by atoms with Crippen molar-refractivity contribution in [2.24, 2.45) is 10.9 Å². The largest absolute Gasteiger partial charge is 0.372 e. The van der Waals surface area contributed by atoms with E-state index in [2.05, 4.69) is 31.1 Å². The lowest BCUT2D eigenvalue weighted by Gasteiger charge is -1.94. The standard InChI is InChI=1S/C5H12.C4H6N2/c1-4-5(2)3;1-2-5-4-6-3-1/h5H,4H2,1-3H3;1-3,5H,4H2. The lowest BCUT2D eigenvalue weighted by molar-refractivity contribution is 0.626. The van der Waals surface area contributed by atoms with Crippen molar-refractivity contribution in [3.63, 3.8) is 0 Å². The lowest BCUT2D eigenvalue weighted by atomic mass is 10.2. The summed E-state index contributed by atoms with van der Waals surface area (Å²) in [6.07, 6.45) is 6.81. The Bertz CT molecular complexity index is 114. The monoisotopic (exact) mass is 154 g/mol. The van der Waals surface area contributed by atoms with Crippen LogP contribution in [-0.4, -0.2) is 12.9 Å². The molecule has 1 heterocycles. The summed E-state index contributed by atoms with van der Waals surface area (Å²) in [4.78, 5) is 3.85. The second kappa shape index (κ2) is 7.32. The third-order valence-electron chi connectivity index (χ3n) is 1.40. The average molecular weight is 154 g/mol. The fourth-order valence-electron chi connectivity index (χ4n) is 0.330. The number of aliphatic imine (C=N–C) groups is 1. The minimum Gasteiger partial charge on any atom is -0.372 e. The van der Waals surface area contributed by atoms with Crippen LogP contribution in [0.2, 0.25) is 0 Å². The molecule has 2 heteroatoms. The number of nitrogens with zero attached hydrogens (tertiary/aromatic N) is 1. The van der Waals surface area contributed by atoms with E-state index in [-0.39, 0.29) is 0 Å². The fourth-order valence-corrected chi connectivity index (χ4v) is 0.330. The molecule has 2 nitrogen and oxygen atoms in total. The number of allylic oxidation sites excluding steroid dienone is 1. The van der Waals surface area contributed by atoms with Crippen LogP contribution in [-0.2, 0) is 0 Å². The number of nitrogens with one attached hydrogen (secondary N) is 1. The van der Waals surface area contributed by atoms with Crippen LogP contribution in [0.5, 0.6) is 0 Å². The van der Waals surface area contributed by atoms with Gasteiger partial charge in [-0.1, -0.05) is 27.2 Å². The third kappa shape index (κ3) is 9.21. The van der Waals surface area contributed by atoms with Crippen molar-refractivity contribution in [3.8, 4) is 0 Å². The summed E-state index contributed by atoms with van der Waals surface area (Å²) >= 11 is 0. The van der Waals surface area contributed by atoms with Gasteiger partial charge >= 0.3 is 0 Å². The minimum absolute atomic E-state index is 0.733. The second-order valence-corrected chi connectivity index (χ2v) is 2.86. The molecular weight excluding hydrogens is 136 g/mol. The topological polar surface area (TPSA) is 24.4 Å². The van der Waals surface area contributed by atoms with E-state index in [0.29, 0.717) is 0 Å². The summed E-state index contributed by atoms with van der Waals surface area (Å²) < 4.78 is 0. The maximum absolute atomic E-state index is 3.85. The lowest BCUT2D eigenvalue weighted by Crippen LogP contribution is -2.06. The highest BCUT2D eigenvalue weighted by molar-refractivity contribution is 5.71. The Morgan fingerprint density at radius 3 is 2.27 bits per heavy atom. The molecule has 1 aliphatic rings. The highest BCUT2D eigenvalue weighted by atomic mass is 15.0. The Morgan fingerprint density at radius 2 is 2.18 bits per heavy atom. The fraction of sp³-hybridized carbons (Fsp3) is 0.667. The van der Waals surface area contributed by atoms with Gasteiger partial charge in [0.1, 0.15) is 6.67 Å². The van der Waals surface area contributed by atoms with Gasteiger partial charge in [0, 0.05) is 6.21 Å². The van der Waals surface area contributed by atoms with Crippen LogP contribution in [0.3, 0.4) is 0 Å². The summed E-state index contributed by atoms with van der Waals surface area (Å²) in [5.74, 6) is 0.884. The molecular formula is C9H18N2. The number of hydrogen-bond acceptors (Lipinski definition) is 2. The predicted octanol–water partition coefficient (Wildman–Crippen LogP) is 2.18. The summed E-state index contributed by atoms with van der Waals surface area (Å²) in [6, 6.07) is 0. The Morgan fingerprint density at radius 1 is 1.55 bits per heavy atom. The molecule has 11 heavy (non-hydrogen) atoms. The van der Waals surface area contributed by atoms with Crippen molar-refractivity contribution >= 4 is 6.21 Å². The van der Waals surface area contributed by atoms with Crippen LogP contribution in [0.4, 0.5) is 0 Å². The normalized spacial score (nSPS) is 13.8. The van der Waals surface area contributed by atoms with Crippen LogP contribution in [0.1, 0.15) is 27.2 Å². The van der Waals surface area contributed by atoms with E-state index in [1.807, 2.05) is 12.3 Å². The van der Waals surface area contributed by atoms with Gasteiger partial charge < -0.3 is 5.32 Å². The molecule has 0 saturated heterocycles. The van der Waals surface area contributed by atoms with Gasteiger partial charge in [-0.3, -0.25) is 4.99 Å². The van der Waals surface area contributed by atoms with Crippen molar-refractivity contribution in [2.75, 3.05) is 6.67 Å². The van der Waals surface area contributed by atoms with Crippen LogP contribution in [0, 0.1) is 5.92 Å². The van der Waals surface area contributed by atoms with E-state index >= 15 is 0 Å². The quantitative estimate of drug-likeness (QED) is 0.615. The summed E-state index contributed by atoms with van der Waals surface area (Å²) in [6.45, 7) is 7.38. The summed E-state index contributed by atoms with van der Waals surface area (Å²) in [7, 11) is 0. The molecule has 0 saturated carbocycles. The Kier molecular flexibility index (Phi) is 6.79. The van der Waals surface area contributed by atoms with Gasteiger partial charge in [-0.15, -0.1) is 0 Å². The minimum atomic E-state index is 0.733. The van der Waals surface area contributed by atoms with E-state index in [0.717, 1.165) is 12.6 Å². The van der Waals surface area contributed by atoms with Crippen molar-refractivity contribution in [1.82, 2.24) is 5.32 Å². The summed E-state index contributed by atoms with van der Waals surface area (Å²) in [5.41, 5.74) is 0. The highest BCUT2D eigenvalue weighted by Gasteiger charge is 1.80. The third-order valence-corrected chi connectivity index (χ3v) is 1.40. The zero-order valence-corrected chi connectivity index (χ0v) is 7.67. The Balaban J connectivity index is 0.000000187. The molecule has 0 bridgehead atoms. The molecule has 0 radical (unpaired) electrons. The molecule has 1 rings (SSSR count). The van der Waals surface area contributed by atoms with E-state index in [1.54, 1.807) is 6.21 Å². The van der Waals surface area contributed by atoms with Gasteiger partial charge in [-0.2, -0.15) is 0 Å². The Labute approximate surface area is 69.4 Å². The van der Waals surface area contributed by atoms with Gasteiger partial charge in [0.2, 0.25) is 0 Å². The van der Waals surface area contributed by atoms with Crippen molar-refractivity contribution in [1.29, 1.82) is 0 Å². The first-order chi connectivity index (χ1) is 5.27. The van der Waals surface area contributed by atoms with Crippen molar-refractivity contribution in [3.05, 3.63) is 12.3 Å². The van der Waals surface area contributed by atoms with Crippen LogP contribution >= 0.6 is 0 Å². The molecule has 0 aromatic rings. The first-order valence-corrected chi connectivity index (χ1v) is 4.15. The van der Waals surface area contributed by atoms with E-state index < -0.39 is 0 Å². The molecule has 0 unspecified atom stereocenters. The number of hydrogen-bond donors (Lipinski definition) is 1. The maximum Gasteiger partial charge on any atom is 0.107 e. The molecule has 0 aliphatic carbocycles. The Hall–Kier alpha value is -0.790. The van der Waals surface area contributed by atoms with E-state index in [1.165, 1.54) is 6.42 Å². The first kappa shape index (κ1) is 10.2. The van der Waals surface area contributed by atoms with Gasteiger partial charge in [0.05, 0.1) is 0 Å². The number of rotatable bonds is 1. The molecule has 1 aliphatic heterocycles. The molecule has 0 aromatic carbocycles. The SMILES string of the molecule is C1=CNCN=C1.CCC(C)C. The molecule has 64 valence electrons.